The number of anilines is 1. The molecule has 0 bridgehead atoms. The van der Waals surface area contributed by atoms with Gasteiger partial charge in [0.1, 0.15) is 0 Å². The van der Waals surface area contributed by atoms with Crippen LogP contribution in [0.15, 0.2) is 6.07 Å². The van der Waals surface area contributed by atoms with Crippen LogP contribution in [0.25, 0.3) is 11.0 Å². The van der Waals surface area contributed by atoms with E-state index in [1.165, 1.54) is 30.5 Å². The van der Waals surface area contributed by atoms with Gasteiger partial charge >= 0.3 is 0 Å². The summed E-state index contributed by atoms with van der Waals surface area (Å²) in [7, 11) is 0. The second-order valence-corrected chi connectivity index (χ2v) is 6.40. The minimum Gasteiger partial charge on any atom is -0.378 e. The summed E-state index contributed by atoms with van der Waals surface area (Å²) in [4.78, 5) is 16.6. The Morgan fingerprint density at radius 2 is 1.86 bits per heavy atom. The van der Waals surface area contributed by atoms with Gasteiger partial charge in [-0.25, -0.2) is 9.97 Å². The minimum absolute atomic E-state index is 0.578. The number of aromatic nitrogens is 3. The highest BCUT2D eigenvalue weighted by molar-refractivity contribution is 5.80. The number of pyridine rings is 1. The molecule has 1 saturated carbocycles. The van der Waals surface area contributed by atoms with Gasteiger partial charge in [0.25, 0.3) is 0 Å². The molecule has 0 aromatic carbocycles. The smallest absolute Gasteiger partial charge is 0.227 e. The molecule has 1 aliphatic heterocycles. The highest BCUT2D eigenvalue weighted by Gasteiger charge is 2.26. The largest absolute Gasteiger partial charge is 0.378 e. The van der Waals surface area contributed by atoms with Crippen LogP contribution in [0.1, 0.15) is 42.1 Å². The maximum absolute atomic E-state index is 5.44. The van der Waals surface area contributed by atoms with Gasteiger partial charge in [-0.3, -0.25) is 0 Å². The maximum atomic E-state index is 5.44. The standard InChI is InChI=1S/C17H22N4O/c1-11-10-14-15(13-4-3-5-13)19-17(20-16(14)18-12(11)2)21-6-8-22-9-7-21/h10,13H,3-9H2,1-2H3. The topological polar surface area (TPSA) is 51.1 Å². The van der Waals surface area contributed by atoms with Crippen LogP contribution < -0.4 is 4.90 Å². The molecule has 4 rings (SSSR count). The van der Waals surface area contributed by atoms with Gasteiger partial charge in [-0.05, 0) is 38.3 Å². The molecule has 0 spiro atoms. The number of hydrogen-bond donors (Lipinski definition) is 0. The molecule has 2 aliphatic rings. The second kappa shape index (κ2) is 5.47. The van der Waals surface area contributed by atoms with E-state index in [9.17, 15) is 0 Å². The fourth-order valence-corrected chi connectivity index (χ4v) is 3.15. The minimum atomic E-state index is 0.578. The molecule has 0 N–H and O–H groups in total. The molecule has 0 radical (unpaired) electrons. The number of rotatable bonds is 2. The maximum Gasteiger partial charge on any atom is 0.227 e. The van der Waals surface area contributed by atoms with E-state index in [2.05, 4.69) is 17.9 Å². The molecule has 5 nitrogen and oxygen atoms in total. The number of hydrogen-bond acceptors (Lipinski definition) is 5. The Bertz CT molecular complexity index is 705. The third-order valence-corrected chi connectivity index (χ3v) is 4.93. The lowest BCUT2D eigenvalue weighted by Gasteiger charge is -2.30. The van der Waals surface area contributed by atoms with Crippen LogP contribution in [0.3, 0.4) is 0 Å². The van der Waals surface area contributed by atoms with Crippen molar-refractivity contribution in [2.45, 2.75) is 39.0 Å². The highest BCUT2D eigenvalue weighted by Crippen LogP contribution is 2.39. The molecule has 22 heavy (non-hydrogen) atoms. The van der Waals surface area contributed by atoms with Crippen molar-refractivity contribution in [3.05, 3.63) is 23.0 Å². The molecule has 2 fully saturated rings. The van der Waals surface area contributed by atoms with Gasteiger partial charge < -0.3 is 9.64 Å². The summed E-state index contributed by atoms with van der Waals surface area (Å²) in [5.41, 5.74) is 4.32. The van der Waals surface area contributed by atoms with Crippen LogP contribution in [-0.4, -0.2) is 41.3 Å². The van der Waals surface area contributed by atoms with Crippen molar-refractivity contribution < 1.29 is 4.74 Å². The number of fused-ring (bicyclic) bond motifs is 1. The molecule has 2 aromatic rings. The van der Waals surface area contributed by atoms with Crippen molar-refractivity contribution in [2.75, 3.05) is 31.2 Å². The molecule has 0 unspecified atom stereocenters. The van der Waals surface area contributed by atoms with Gasteiger partial charge in [0, 0.05) is 30.1 Å². The molecular weight excluding hydrogens is 276 g/mol. The van der Waals surface area contributed by atoms with Crippen LogP contribution in [0.5, 0.6) is 0 Å². The van der Waals surface area contributed by atoms with Gasteiger partial charge in [-0.2, -0.15) is 4.98 Å². The highest BCUT2D eigenvalue weighted by atomic mass is 16.5. The average molecular weight is 298 g/mol. The molecular formula is C17H22N4O. The Balaban J connectivity index is 1.85. The molecule has 3 heterocycles. The van der Waals surface area contributed by atoms with Gasteiger partial charge in [-0.15, -0.1) is 0 Å². The predicted molar refractivity (Wildman–Crippen MR) is 86.4 cm³/mol. The van der Waals surface area contributed by atoms with E-state index in [1.54, 1.807) is 0 Å². The van der Waals surface area contributed by atoms with Crippen molar-refractivity contribution >= 4 is 17.0 Å². The Labute approximate surface area is 130 Å². The first-order valence-corrected chi connectivity index (χ1v) is 8.21. The Morgan fingerprint density at radius 3 is 2.55 bits per heavy atom. The summed E-state index contributed by atoms with van der Waals surface area (Å²) in [5.74, 6) is 1.41. The van der Waals surface area contributed by atoms with Crippen LogP contribution in [0, 0.1) is 13.8 Å². The third kappa shape index (κ3) is 2.33. The summed E-state index contributed by atoms with van der Waals surface area (Å²) in [6.45, 7) is 7.39. The summed E-state index contributed by atoms with van der Waals surface area (Å²) < 4.78 is 5.44. The number of aryl methyl sites for hydroxylation is 2. The van der Waals surface area contributed by atoms with E-state index < -0.39 is 0 Å². The Kier molecular flexibility index (Phi) is 3.45. The predicted octanol–water partition coefficient (Wildman–Crippen LogP) is 2.75. The number of nitrogens with zero attached hydrogens (tertiary/aromatic N) is 4. The fraction of sp³-hybridized carbons (Fsp3) is 0.588. The van der Waals surface area contributed by atoms with Crippen LogP contribution in [-0.2, 0) is 4.74 Å². The van der Waals surface area contributed by atoms with Gasteiger partial charge in [0.15, 0.2) is 5.65 Å². The summed E-state index contributed by atoms with van der Waals surface area (Å²) in [6, 6.07) is 2.22. The monoisotopic (exact) mass is 298 g/mol. The van der Waals surface area contributed by atoms with E-state index >= 15 is 0 Å². The van der Waals surface area contributed by atoms with E-state index in [1.807, 2.05) is 6.92 Å². The van der Waals surface area contributed by atoms with Crippen molar-refractivity contribution in [1.29, 1.82) is 0 Å². The SMILES string of the molecule is Cc1cc2c(C3CCC3)nc(N3CCOCC3)nc2nc1C. The van der Waals surface area contributed by atoms with Crippen LogP contribution >= 0.6 is 0 Å². The summed E-state index contributed by atoms with van der Waals surface area (Å²) in [6.07, 6.45) is 3.78. The van der Waals surface area contributed by atoms with E-state index in [-0.39, 0.29) is 0 Å². The van der Waals surface area contributed by atoms with Crippen LogP contribution in [0.4, 0.5) is 5.95 Å². The van der Waals surface area contributed by atoms with Gasteiger partial charge in [0.05, 0.1) is 18.9 Å². The number of ether oxygens (including phenoxy) is 1. The van der Waals surface area contributed by atoms with Gasteiger partial charge in [-0.1, -0.05) is 6.42 Å². The normalized spacial score (nSPS) is 19.5. The lowest BCUT2D eigenvalue weighted by atomic mass is 9.81. The first-order chi connectivity index (χ1) is 10.7. The zero-order valence-electron chi connectivity index (χ0n) is 13.3. The van der Waals surface area contributed by atoms with Crippen molar-refractivity contribution in [2.24, 2.45) is 0 Å². The zero-order chi connectivity index (χ0) is 15.1. The fourth-order valence-electron chi connectivity index (χ4n) is 3.15. The van der Waals surface area contributed by atoms with Gasteiger partial charge in [0.2, 0.25) is 5.95 Å². The molecule has 5 heteroatoms. The van der Waals surface area contributed by atoms with Crippen molar-refractivity contribution in [1.82, 2.24) is 15.0 Å². The molecule has 1 saturated heterocycles. The van der Waals surface area contributed by atoms with E-state index in [0.717, 1.165) is 49.0 Å². The summed E-state index contributed by atoms with van der Waals surface area (Å²) in [5, 5.41) is 1.14. The quantitative estimate of drug-likeness (QED) is 0.853. The molecule has 0 amide bonds. The second-order valence-electron chi connectivity index (χ2n) is 6.40. The first kappa shape index (κ1) is 13.9. The lowest BCUT2D eigenvalue weighted by Crippen LogP contribution is -2.37. The van der Waals surface area contributed by atoms with Crippen molar-refractivity contribution in [3.63, 3.8) is 0 Å². The Hall–Kier alpha value is -1.75. The molecule has 0 atom stereocenters. The third-order valence-electron chi connectivity index (χ3n) is 4.93. The zero-order valence-corrected chi connectivity index (χ0v) is 13.3. The van der Waals surface area contributed by atoms with E-state index in [4.69, 9.17) is 19.7 Å². The molecule has 116 valence electrons. The van der Waals surface area contributed by atoms with E-state index in [0.29, 0.717) is 5.92 Å². The molecule has 1 aliphatic carbocycles. The molecule has 2 aromatic heterocycles. The average Bonchev–Trinajstić information content (AvgIpc) is 2.48. The number of morpholine rings is 1. The first-order valence-electron chi connectivity index (χ1n) is 8.21. The van der Waals surface area contributed by atoms with Crippen LogP contribution in [0.2, 0.25) is 0 Å². The Morgan fingerprint density at radius 1 is 1.09 bits per heavy atom. The summed E-state index contributed by atoms with van der Waals surface area (Å²) >= 11 is 0. The lowest BCUT2D eigenvalue weighted by molar-refractivity contribution is 0.122. The van der Waals surface area contributed by atoms with Crippen molar-refractivity contribution in [3.8, 4) is 0 Å².